The molecular weight excluding hydrogens is 298 g/mol. The van der Waals surface area contributed by atoms with Crippen LogP contribution in [0.2, 0.25) is 0 Å². The highest BCUT2D eigenvalue weighted by Gasteiger charge is 2.47. The van der Waals surface area contributed by atoms with Crippen molar-refractivity contribution in [3.63, 3.8) is 0 Å². The van der Waals surface area contributed by atoms with Crippen molar-refractivity contribution in [2.45, 2.75) is 18.9 Å². The lowest BCUT2D eigenvalue weighted by Gasteiger charge is -2.21. The van der Waals surface area contributed by atoms with Gasteiger partial charge in [-0.05, 0) is 40.5 Å². The number of esters is 1. The third-order valence-electron chi connectivity index (χ3n) is 2.05. The molecule has 0 saturated heterocycles. The molecule has 0 fully saturated rings. The molecule has 7 heteroatoms. The molecule has 0 aliphatic carbocycles. The first-order valence-electron chi connectivity index (χ1n) is 4.81. The molecule has 1 rings (SSSR count). The Kier molecular flexibility index (Phi) is 4.53. The Morgan fingerprint density at radius 1 is 1.71 bits per heavy atom. The molecule has 1 aromatic rings. The summed E-state index contributed by atoms with van der Waals surface area (Å²) in [6.45, 7) is 1.32. The summed E-state index contributed by atoms with van der Waals surface area (Å²) in [6, 6.07) is 0.890. The Morgan fingerprint density at radius 3 is 2.88 bits per heavy atom. The summed E-state index contributed by atoms with van der Waals surface area (Å²) < 4.78 is 31.8. The number of alkyl halides is 2. The molecule has 1 atom stereocenters. The number of nitrogens with two attached hydrogens (primary N) is 1. The van der Waals surface area contributed by atoms with Crippen LogP contribution in [-0.2, 0) is 9.53 Å². The maximum atomic E-state index is 13.6. The van der Waals surface area contributed by atoms with Gasteiger partial charge in [-0.25, -0.2) is 9.78 Å². The molecule has 17 heavy (non-hydrogen) atoms. The van der Waals surface area contributed by atoms with Crippen molar-refractivity contribution >= 4 is 21.9 Å². The highest BCUT2D eigenvalue weighted by Crippen LogP contribution is 2.31. The number of carbonyl (C=O) groups excluding carboxylic acids is 1. The Labute approximate surface area is 105 Å². The zero-order valence-corrected chi connectivity index (χ0v) is 10.6. The normalized spacial score (nSPS) is 13.2. The number of nitrogens with zero attached hydrogens (tertiary/aromatic N) is 1. The van der Waals surface area contributed by atoms with E-state index in [1.54, 1.807) is 0 Å². The van der Waals surface area contributed by atoms with Gasteiger partial charge < -0.3 is 10.5 Å². The van der Waals surface area contributed by atoms with Gasteiger partial charge in [-0.15, -0.1) is 0 Å². The largest absolute Gasteiger partial charge is 0.462 e. The molecule has 0 radical (unpaired) electrons. The molecule has 4 nitrogen and oxygen atoms in total. The van der Waals surface area contributed by atoms with Crippen molar-refractivity contribution in [1.29, 1.82) is 0 Å². The summed E-state index contributed by atoms with van der Waals surface area (Å²) in [6.07, 6.45) is 1.32. The van der Waals surface area contributed by atoms with Crippen LogP contribution in [0.3, 0.4) is 0 Å². The van der Waals surface area contributed by atoms with Crippen LogP contribution < -0.4 is 5.73 Å². The van der Waals surface area contributed by atoms with Gasteiger partial charge in [0.2, 0.25) is 0 Å². The zero-order chi connectivity index (χ0) is 13.1. The van der Waals surface area contributed by atoms with Crippen molar-refractivity contribution in [2.75, 3.05) is 6.61 Å². The first kappa shape index (κ1) is 14.0. The quantitative estimate of drug-likeness (QED) is 0.683. The second kappa shape index (κ2) is 5.50. The van der Waals surface area contributed by atoms with Gasteiger partial charge in [-0.3, -0.25) is 0 Å². The molecular formula is C10H11BrF2N2O2. The van der Waals surface area contributed by atoms with Crippen LogP contribution >= 0.6 is 15.9 Å². The van der Waals surface area contributed by atoms with Gasteiger partial charge in [-0.1, -0.05) is 0 Å². The lowest BCUT2D eigenvalue weighted by molar-refractivity contribution is -0.174. The van der Waals surface area contributed by atoms with Gasteiger partial charge in [0.05, 0.1) is 6.61 Å². The number of pyridine rings is 1. The van der Waals surface area contributed by atoms with Crippen molar-refractivity contribution in [1.82, 2.24) is 4.98 Å². The fourth-order valence-corrected chi connectivity index (χ4v) is 1.56. The minimum absolute atomic E-state index is 0.102. The fraction of sp³-hybridized carbons (Fsp3) is 0.400. The highest BCUT2D eigenvalue weighted by atomic mass is 79.9. The van der Waals surface area contributed by atoms with Crippen LogP contribution in [0, 0.1) is 0 Å². The van der Waals surface area contributed by atoms with E-state index in [0.717, 1.165) is 0 Å². The number of ether oxygens (including phenoxy) is 1. The van der Waals surface area contributed by atoms with E-state index in [2.05, 4.69) is 25.7 Å². The van der Waals surface area contributed by atoms with E-state index >= 15 is 0 Å². The third-order valence-corrected chi connectivity index (χ3v) is 2.48. The summed E-state index contributed by atoms with van der Waals surface area (Å²) in [5.74, 6) is -5.39. The maximum Gasteiger partial charge on any atom is 0.379 e. The molecule has 0 saturated carbocycles. The first-order chi connectivity index (χ1) is 7.89. The van der Waals surface area contributed by atoms with Crippen LogP contribution in [0.4, 0.5) is 8.78 Å². The summed E-state index contributed by atoms with van der Waals surface area (Å²) in [5, 5.41) is 0. The predicted molar refractivity (Wildman–Crippen MR) is 60.4 cm³/mol. The molecule has 1 aromatic heterocycles. The summed E-state index contributed by atoms with van der Waals surface area (Å²) in [5.41, 5.74) is 5.48. The van der Waals surface area contributed by atoms with Crippen LogP contribution in [0.15, 0.2) is 22.9 Å². The average molecular weight is 309 g/mol. The van der Waals surface area contributed by atoms with E-state index in [4.69, 9.17) is 5.73 Å². The molecule has 94 valence electrons. The van der Waals surface area contributed by atoms with Gasteiger partial charge in [0.15, 0.2) is 0 Å². The zero-order valence-electron chi connectivity index (χ0n) is 8.99. The first-order valence-corrected chi connectivity index (χ1v) is 5.61. The van der Waals surface area contributed by atoms with E-state index in [-0.39, 0.29) is 12.2 Å². The van der Waals surface area contributed by atoms with Gasteiger partial charge >= 0.3 is 11.9 Å². The second-order valence-electron chi connectivity index (χ2n) is 3.23. The Balaban J connectivity index is 2.95. The molecule has 0 amide bonds. The molecule has 0 aliphatic heterocycles. The van der Waals surface area contributed by atoms with Crippen molar-refractivity contribution in [3.05, 3.63) is 28.5 Å². The SMILES string of the molecule is CCOC(=O)C(F)(F)[C@H](N)c1ccnc(Br)c1. The lowest BCUT2D eigenvalue weighted by atomic mass is 10.0. The number of hydrogen-bond acceptors (Lipinski definition) is 4. The van der Waals surface area contributed by atoms with E-state index in [9.17, 15) is 13.6 Å². The molecule has 1 heterocycles. The topological polar surface area (TPSA) is 65.2 Å². The van der Waals surface area contributed by atoms with Crippen molar-refractivity contribution < 1.29 is 18.3 Å². The average Bonchev–Trinajstić information content (AvgIpc) is 2.28. The van der Waals surface area contributed by atoms with Crippen molar-refractivity contribution in [2.24, 2.45) is 5.73 Å². The van der Waals surface area contributed by atoms with Crippen LogP contribution in [0.1, 0.15) is 18.5 Å². The number of rotatable bonds is 4. The minimum Gasteiger partial charge on any atom is -0.462 e. The van der Waals surface area contributed by atoms with Crippen LogP contribution in [0.25, 0.3) is 0 Å². The van der Waals surface area contributed by atoms with E-state index in [1.807, 2.05) is 0 Å². The monoisotopic (exact) mass is 308 g/mol. The smallest absolute Gasteiger partial charge is 0.379 e. The van der Waals surface area contributed by atoms with E-state index < -0.39 is 17.9 Å². The number of hydrogen-bond donors (Lipinski definition) is 1. The van der Waals surface area contributed by atoms with Crippen molar-refractivity contribution in [3.8, 4) is 0 Å². The van der Waals surface area contributed by atoms with Gasteiger partial charge in [0.1, 0.15) is 10.6 Å². The summed E-state index contributed by atoms with van der Waals surface area (Å²) in [4.78, 5) is 14.9. The maximum absolute atomic E-state index is 13.6. The minimum atomic E-state index is -3.77. The fourth-order valence-electron chi connectivity index (χ4n) is 1.17. The standard InChI is InChI=1S/C10H11BrF2N2O2/c1-2-17-9(16)10(12,13)8(14)6-3-4-15-7(11)5-6/h3-5,8H,2,14H2,1H3/t8-/m1/s1. The summed E-state index contributed by atoms with van der Waals surface area (Å²) in [7, 11) is 0. The number of carbonyl (C=O) groups is 1. The molecule has 2 N–H and O–H groups in total. The number of aromatic nitrogens is 1. The molecule has 0 unspecified atom stereocenters. The molecule has 0 aliphatic rings. The third kappa shape index (κ3) is 3.19. The predicted octanol–water partition coefficient (Wildman–Crippen LogP) is 2.04. The summed E-state index contributed by atoms with van der Waals surface area (Å²) >= 11 is 3.04. The Morgan fingerprint density at radius 2 is 2.35 bits per heavy atom. The Hall–Kier alpha value is -1.08. The second-order valence-corrected chi connectivity index (χ2v) is 4.05. The molecule has 0 aromatic carbocycles. The van der Waals surface area contributed by atoms with Crippen LogP contribution in [0.5, 0.6) is 0 Å². The van der Waals surface area contributed by atoms with Gasteiger partial charge in [0.25, 0.3) is 0 Å². The number of halogens is 3. The van der Waals surface area contributed by atoms with E-state index in [0.29, 0.717) is 4.60 Å². The Bertz CT molecular complexity index is 415. The molecule has 0 spiro atoms. The lowest BCUT2D eigenvalue weighted by Crippen LogP contribution is -2.41. The highest BCUT2D eigenvalue weighted by molar-refractivity contribution is 9.10. The van der Waals surface area contributed by atoms with Crippen LogP contribution in [-0.4, -0.2) is 23.5 Å². The van der Waals surface area contributed by atoms with Gasteiger partial charge in [0, 0.05) is 6.20 Å². The van der Waals surface area contributed by atoms with Gasteiger partial charge in [-0.2, -0.15) is 8.78 Å². The van der Waals surface area contributed by atoms with E-state index in [1.165, 1.54) is 25.3 Å². The molecule has 0 bridgehead atoms.